The maximum Gasteiger partial charge on any atom is 1.00 e. The van der Waals surface area contributed by atoms with Crippen LogP contribution in [0.5, 0.6) is 0 Å². The van der Waals surface area contributed by atoms with Gasteiger partial charge in [-0.2, -0.15) is 0 Å². The Morgan fingerprint density at radius 1 is 0.741 bits per heavy atom. The van der Waals surface area contributed by atoms with Crippen molar-refractivity contribution in [1.82, 2.24) is 0 Å². The van der Waals surface area contributed by atoms with Crippen LogP contribution in [0.3, 0.4) is 0 Å². The van der Waals surface area contributed by atoms with E-state index in [4.69, 9.17) is 20.1 Å². The fourth-order valence-corrected chi connectivity index (χ4v) is 9.46. The molecule has 2 aliphatic rings. The number of halogens is 2. The smallest absolute Gasteiger partial charge is 0.870 e. The summed E-state index contributed by atoms with van der Waals surface area (Å²) in [5, 5.41) is 28.5. The number of carbonyl (C=O) groups is 3. The van der Waals surface area contributed by atoms with Crippen LogP contribution in [0.4, 0.5) is 14.5 Å². The molecule has 2 aliphatic heterocycles. The van der Waals surface area contributed by atoms with Crippen LogP contribution in [0.2, 0.25) is 0 Å². The first-order valence-electron chi connectivity index (χ1n) is 16.7. The normalized spacial score (nSPS) is 13.0. The van der Waals surface area contributed by atoms with Gasteiger partial charge in [0.15, 0.2) is 19.7 Å². The molecule has 4 aromatic rings. The van der Waals surface area contributed by atoms with Crippen LogP contribution >= 0.6 is 0 Å². The minimum absolute atomic E-state index is 0. The third-order valence-electron chi connectivity index (χ3n) is 8.87. The summed E-state index contributed by atoms with van der Waals surface area (Å²) in [4.78, 5) is 33.8. The largest absolute Gasteiger partial charge is 1.00 e. The van der Waals surface area contributed by atoms with E-state index in [9.17, 15) is 50.0 Å². The minimum atomic E-state index is -4.06. The molecule has 0 fully saturated rings. The summed E-state index contributed by atoms with van der Waals surface area (Å²) in [5.74, 6) is -4.78. The van der Waals surface area contributed by atoms with E-state index in [2.05, 4.69) is 4.74 Å². The van der Waals surface area contributed by atoms with Crippen molar-refractivity contribution in [2.75, 3.05) is 12.8 Å². The number of hydrogen-bond acceptors (Lipinski definition) is 14. The number of methoxy groups -OCH3 is 1. The molecule has 2 heterocycles. The molecule has 58 heavy (non-hydrogen) atoms. The first kappa shape index (κ1) is 48.3. The summed E-state index contributed by atoms with van der Waals surface area (Å²) >= 11 is 0. The second kappa shape index (κ2) is 19.8. The van der Waals surface area contributed by atoms with Crippen molar-refractivity contribution in [3.63, 3.8) is 0 Å². The Balaban J connectivity index is 0.000000303. The van der Waals surface area contributed by atoms with E-state index >= 15 is 0 Å². The average molecular weight is 853 g/mol. The quantitative estimate of drug-likeness (QED) is 0.0677. The van der Waals surface area contributed by atoms with Gasteiger partial charge in [0.05, 0.1) is 54.5 Å². The Morgan fingerprint density at radius 3 is 1.66 bits per heavy atom. The van der Waals surface area contributed by atoms with Crippen molar-refractivity contribution in [3.8, 4) is 0 Å². The predicted molar refractivity (Wildman–Crippen MR) is 200 cm³/mol. The number of carbonyl (C=O) groups excluding carboxylic acids is 2. The zero-order valence-electron chi connectivity index (χ0n) is 31.4. The number of carboxylic acid groups (broad SMARTS) is 1. The van der Waals surface area contributed by atoms with Crippen molar-refractivity contribution in [2.45, 2.75) is 60.7 Å². The molecular weight excluding hydrogens is 817 g/mol. The SMILES string of the molecule is COC(=O)Cc1cc(CC(C)=O)ccc1S(=O)(=O)Cc1cc2c(cc1F)COB2O.Nc1ccc(S(=O)(=O)Cc2cc3c(cc2F)COB3O)c(CC(=O)O)c1.[Na+].[OH-]. The van der Waals surface area contributed by atoms with Crippen LogP contribution in [-0.2, 0) is 92.1 Å². The Kier molecular flexibility index (Phi) is 16.5. The minimum Gasteiger partial charge on any atom is -0.870 e. The monoisotopic (exact) mass is 853 g/mol. The van der Waals surface area contributed by atoms with E-state index in [1.54, 1.807) is 0 Å². The maximum absolute atomic E-state index is 14.5. The summed E-state index contributed by atoms with van der Waals surface area (Å²) < 4.78 is 95.1. The molecule has 22 heteroatoms. The van der Waals surface area contributed by atoms with Crippen molar-refractivity contribution in [2.24, 2.45) is 0 Å². The molecular formula is C36H36B2F2NNaO14S2. The number of esters is 1. The standard InChI is InChI=1S/C20H20BFO7S.C16H15BFNO6S.Na.H2O/c1-12(23)5-13-3-4-19(14(6-13)9-20(24)28-2)30(26,27)11-16-7-17-15(8-18(16)22)10-29-21(17)25;18-14-5-10-7-25-17(22)13(10)4-11(14)8-26(23,24)15-2-1-12(19)3-9(15)6-16(20)21;;/h3-4,6-8,25H,5,9-11H2,1-2H3;1-5,22H,6-8,19H2,(H,20,21);;1H2/q;;+1;/p-1. The summed E-state index contributed by atoms with van der Waals surface area (Å²) in [6, 6.07) is 12.9. The van der Waals surface area contributed by atoms with Gasteiger partial charge < -0.3 is 40.4 Å². The number of carboxylic acids is 1. The van der Waals surface area contributed by atoms with Crippen LogP contribution in [0, 0.1) is 11.6 Å². The maximum atomic E-state index is 14.5. The number of Topliss-reactive ketones (excluding diaryl/α,β-unsaturated/α-hetero) is 1. The van der Waals surface area contributed by atoms with Crippen LogP contribution in [0.25, 0.3) is 0 Å². The van der Waals surface area contributed by atoms with E-state index in [0.717, 1.165) is 12.1 Å². The molecule has 0 unspecified atom stereocenters. The van der Waals surface area contributed by atoms with Crippen LogP contribution in [0.15, 0.2) is 70.5 Å². The summed E-state index contributed by atoms with van der Waals surface area (Å²) in [6.45, 7) is 1.49. The molecule has 0 bridgehead atoms. The molecule has 0 aromatic heterocycles. The molecule has 4 aromatic carbocycles. The number of fused-ring (bicyclic) bond motifs is 2. The average Bonchev–Trinajstić information content (AvgIpc) is 3.64. The molecule has 0 amide bonds. The molecule has 6 N–H and O–H groups in total. The van der Waals surface area contributed by atoms with Gasteiger partial charge in [0.25, 0.3) is 0 Å². The molecule has 0 saturated carbocycles. The molecule has 0 spiro atoms. The number of aliphatic carboxylic acids is 1. The van der Waals surface area contributed by atoms with Crippen molar-refractivity contribution in [1.29, 1.82) is 0 Å². The second-order valence-corrected chi connectivity index (χ2v) is 17.1. The number of sulfone groups is 2. The number of hydrogen-bond donors (Lipinski definition) is 4. The third-order valence-corrected chi connectivity index (χ3v) is 12.4. The topological polar surface area (TPSA) is 264 Å². The predicted octanol–water partition coefficient (Wildman–Crippen LogP) is -2.08. The van der Waals surface area contributed by atoms with Gasteiger partial charge in [0.2, 0.25) is 0 Å². The van der Waals surface area contributed by atoms with Crippen molar-refractivity contribution in [3.05, 3.63) is 111 Å². The third kappa shape index (κ3) is 11.6. The van der Waals surface area contributed by atoms with Crippen molar-refractivity contribution < 1.29 is 104 Å². The fraction of sp³-hybridized carbons (Fsp3) is 0.250. The second-order valence-electron chi connectivity index (χ2n) is 13.1. The van der Waals surface area contributed by atoms with E-state index in [1.807, 2.05) is 0 Å². The summed E-state index contributed by atoms with van der Waals surface area (Å²) in [5.41, 5.74) is 7.91. The molecule has 0 saturated heterocycles. The van der Waals surface area contributed by atoms with Crippen LogP contribution < -0.4 is 46.2 Å². The van der Waals surface area contributed by atoms with Gasteiger partial charge >= 0.3 is 55.7 Å². The number of nitrogens with two attached hydrogens (primary N) is 1. The number of benzene rings is 4. The zero-order valence-corrected chi connectivity index (χ0v) is 35.0. The van der Waals surface area contributed by atoms with Gasteiger partial charge in [-0.25, -0.2) is 25.6 Å². The molecule has 15 nitrogen and oxygen atoms in total. The van der Waals surface area contributed by atoms with Crippen molar-refractivity contribution >= 4 is 68.2 Å². The fourth-order valence-electron chi connectivity index (χ4n) is 6.27. The molecule has 0 atom stereocenters. The summed E-state index contributed by atoms with van der Waals surface area (Å²) in [6.07, 6.45) is -0.749. The van der Waals surface area contributed by atoms with E-state index in [0.29, 0.717) is 27.6 Å². The number of ether oxygens (including phenoxy) is 1. The van der Waals surface area contributed by atoms with Crippen LogP contribution in [0.1, 0.15) is 45.9 Å². The van der Waals surface area contributed by atoms with Gasteiger partial charge in [-0.15, -0.1) is 0 Å². The first-order valence-corrected chi connectivity index (χ1v) is 20.0. The number of rotatable bonds is 12. The van der Waals surface area contributed by atoms with Gasteiger partial charge in [-0.1, -0.05) is 24.3 Å². The molecule has 302 valence electrons. The molecule has 0 aliphatic carbocycles. The van der Waals surface area contributed by atoms with Gasteiger partial charge in [0, 0.05) is 23.2 Å². The van der Waals surface area contributed by atoms with Gasteiger partial charge in [-0.05, 0) is 82.1 Å². The Bertz CT molecular complexity index is 2460. The number of anilines is 1. The van der Waals surface area contributed by atoms with Crippen LogP contribution in [-0.4, -0.2) is 76.5 Å². The Hall–Kier alpha value is -4.02. The van der Waals surface area contributed by atoms with E-state index in [1.165, 1.54) is 62.6 Å². The van der Waals surface area contributed by atoms with E-state index in [-0.39, 0.29) is 105 Å². The number of ketones is 1. The molecule has 6 rings (SSSR count). The van der Waals surface area contributed by atoms with Gasteiger partial charge in [0.1, 0.15) is 17.4 Å². The zero-order chi connectivity index (χ0) is 41.1. The van der Waals surface area contributed by atoms with E-state index < -0.39 is 75.4 Å². The Labute approximate surface area is 355 Å². The number of nitrogen functional groups attached to an aromatic ring is 1. The van der Waals surface area contributed by atoms with Gasteiger partial charge in [-0.3, -0.25) is 14.4 Å². The molecule has 0 radical (unpaired) electrons. The first-order chi connectivity index (χ1) is 26.3. The Morgan fingerprint density at radius 2 is 1.21 bits per heavy atom. The summed E-state index contributed by atoms with van der Waals surface area (Å²) in [7, 11) is -9.38.